The topological polar surface area (TPSA) is 0 Å². The van der Waals surface area contributed by atoms with Gasteiger partial charge in [-0.3, -0.25) is 0 Å². The zero-order valence-corrected chi connectivity index (χ0v) is 13.6. The molecule has 0 rings (SSSR count). The molecule has 0 saturated heterocycles. The Bertz CT molecular complexity index is 199. The van der Waals surface area contributed by atoms with Crippen molar-refractivity contribution in [2.45, 2.75) is 71.6 Å². The summed E-state index contributed by atoms with van der Waals surface area (Å²) in [7, 11) is 0. The molecule has 14 heavy (non-hydrogen) atoms. The first-order valence-corrected chi connectivity index (χ1v) is 9.84. The standard InChI is InChI=1S/C12H27PSe/c1-8-9-10-13(14,11(2,3)4)12(5,6)7/h8-10H2,1-7H3. The van der Waals surface area contributed by atoms with Crippen molar-refractivity contribution in [3.05, 3.63) is 0 Å². The quantitative estimate of drug-likeness (QED) is 0.528. The van der Waals surface area contributed by atoms with Crippen LogP contribution in [0.3, 0.4) is 0 Å². The van der Waals surface area contributed by atoms with Crippen molar-refractivity contribution < 1.29 is 0 Å². The summed E-state index contributed by atoms with van der Waals surface area (Å²) in [5.74, 6) is 0. The average molecular weight is 281 g/mol. The van der Waals surface area contributed by atoms with E-state index in [9.17, 15) is 0 Å². The molecule has 0 aromatic heterocycles. The van der Waals surface area contributed by atoms with Gasteiger partial charge >= 0.3 is 98.4 Å². The molecule has 2 heteroatoms. The summed E-state index contributed by atoms with van der Waals surface area (Å²) in [5, 5.41) is 0.890. The molecule has 0 unspecified atom stereocenters. The van der Waals surface area contributed by atoms with E-state index in [1.165, 1.54) is 19.0 Å². The second kappa shape index (κ2) is 4.86. The molecule has 0 spiro atoms. The van der Waals surface area contributed by atoms with Gasteiger partial charge in [0.2, 0.25) is 0 Å². The minimum atomic E-state index is -0.979. The first kappa shape index (κ1) is 14.9. The third kappa shape index (κ3) is 3.22. The maximum atomic E-state index is 3.62. The summed E-state index contributed by atoms with van der Waals surface area (Å²) in [6.45, 7) is 16.7. The second-order valence-corrected chi connectivity index (χ2v) is 14.7. The Balaban J connectivity index is 4.99. The molecule has 0 radical (unpaired) electrons. The molecule has 0 aromatic rings. The van der Waals surface area contributed by atoms with Crippen LogP contribution in [0, 0.1) is 0 Å². The molecule has 0 aliphatic carbocycles. The van der Waals surface area contributed by atoms with Crippen molar-refractivity contribution in [2.75, 3.05) is 6.16 Å². The zero-order valence-electron chi connectivity index (χ0n) is 11.0. The van der Waals surface area contributed by atoms with Crippen LogP contribution in [0.15, 0.2) is 0 Å². The average Bonchev–Trinajstić information content (AvgIpc) is 1.95. The van der Waals surface area contributed by atoms with Crippen LogP contribution < -0.4 is 0 Å². The van der Waals surface area contributed by atoms with Crippen molar-refractivity contribution in [1.29, 1.82) is 0 Å². The zero-order chi connectivity index (χ0) is 11.6. The van der Waals surface area contributed by atoms with Crippen LogP contribution in [0.1, 0.15) is 61.3 Å². The second-order valence-electron chi connectivity index (χ2n) is 6.16. The molecule has 86 valence electrons. The molecule has 0 fully saturated rings. The van der Waals surface area contributed by atoms with Crippen molar-refractivity contribution in [3.63, 3.8) is 0 Å². The number of rotatable bonds is 3. The summed E-state index contributed by atoms with van der Waals surface area (Å²) in [6.07, 6.45) is 4.08. The van der Waals surface area contributed by atoms with E-state index in [0.717, 1.165) is 0 Å². The molecule has 0 bridgehead atoms. The van der Waals surface area contributed by atoms with Gasteiger partial charge in [0, 0.05) is 0 Å². The molecule has 0 aliphatic rings. The molecule has 0 saturated carbocycles. The molecular weight excluding hydrogens is 254 g/mol. The summed E-state index contributed by atoms with van der Waals surface area (Å²) in [5.41, 5.74) is -0.979. The van der Waals surface area contributed by atoms with Crippen molar-refractivity contribution in [1.82, 2.24) is 0 Å². The van der Waals surface area contributed by atoms with E-state index < -0.39 is 5.51 Å². The van der Waals surface area contributed by atoms with Gasteiger partial charge in [-0.15, -0.1) is 0 Å². The minimum absolute atomic E-state index is 0.445. The van der Waals surface area contributed by atoms with Crippen LogP contribution in [0.25, 0.3) is 0 Å². The fourth-order valence-electron chi connectivity index (χ4n) is 2.06. The summed E-state index contributed by atoms with van der Waals surface area (Å²) < 4.78 is 0. The molecule has 0 amide bonds. The third-order valence-electron chi connectivity index (χ3n) is 2.99. The Morgan fingerprint density at radius 1 is 0.929 bits per heavy atom. The Labute approximate surface area is 98.5 Å². The van der Waals surface area contributed by atoms with Gasteiger partial charge in [0.25, 0.3) is 0 Å². The van der Waals surface area contributed by atoms with Crippen LogP contribution in [-0.4, -0.2) is 31.6 Å². The van der Waals surface area contributed by atoms with Crippen molar-refractivity contribution >= 4 is 20.6 Å². The Morgan fingerprint density at radius 3 is 1.50 bits per heavy atom. The molecule has 0 atom stereocenters. The van der Waals surface area contributed by atoms with Crippen LogP contribution in [0.2, 0.25) is 0 Å². The van der Waals surface area contributed by atoms with Crippen LogP contribution in [0.4, 0.5) is 0 Å². The third-order valence-corrected chi connectivity index (χ3v) is 16.3. The first-order chi connectivity index (χ1) is 6.06. The number of unbranched alkanes of at least 4 members (excludes halogenated alkanes) is 1. The monoisotopic (exact) mass is 282 g/mol. The van der Waals surface area contributed by atoms with Crippen molar-refractivity contribution in [3.8, 4) is 0 Å². The van der Waals surface area contributed by atoms with E-state index in [1.807, 2.05) is 0 Å². The van der Waals surface area contributed by atoms with Gasteiger partial charge in [0.05, 0.1) is 0 Å². The van der Waals surface area contributed by atoms with Crippen LogP contribution in [0.5, 0.6) is 0 Å². The molecule has 0 N–H and O–H groups in total. The predicted molar refractivity (Wildman–Crippen MR) is 72.0 cm³/mol. The summed E-state index contributed by atoms with van der Waals surface area (Å²) >= 11 is 3.62. The maximum absolute atomic E-state index is 3.62. The van der Waals surface area contributed by atoms with E-state index in [4.69, 9.17) is 0 Å². The fourth-order valence-corrected chi connectivity index (χ4v) is 6.99. The number of hydrogen-bond acceptors (Lipinski definition) is 0. The van der Waals surface area contributed by atoms with E-state index >= 15 is 0 Å². The van der Waals surface area contributed by atoms with Gasteiger partial charge in [-0.25, -0.2) is 0 Å². The van der Waals surface area contributed by atoms with E-state index in [0.29, 0.717) is 10.3 Å². The Morgan fingerprint density at radius 2 is 1.29 bits per heavy atom. The SMILES string of the molecule is CCCCP(=[Se])(C(C)(C)C)C(C)(C)C. The summed E-state index contributed by atoms with van der Waals surface area (Å²) in [4.78, 5) is 0. The molecule has 0 nitrogen and oxygen atoms in total. The Kier molecular flexibility index (Phi) is 5.18. The fraction of sp³-hybridized carbons (Fsp3) is 1.00. The van der Waals surface area contributed by atoms with Crippen LogP contribution >= 0.6 is 5.51 Å². The van der Waals surface area contributed by atoms with Gasteiger partial charge in [0.1, 0.15) is 0 Å². The molecule has 0 aliphatic heterocycles. The van der Waals surface area contributed by atoms with E-state index in [2.05, 4.69) is 63.6 Å². The van der Waals surface area contributed by atoms with E-state index in [1.54, 1.807) is 0 Å². The molecule has 0 aromatic carbocycles. The van der Waals surface area contributed by atoms with Gasteiger partial charge in [-0.05, 0) is 0 Å². The first-order valence-electron chi connectivity index (χ1n) is 5.65. The molecular formula is C12H27PSe. The van der Waals surface area contributed by atoms with Gasteiger partial charge in [-0.2, -0.15) is 0 Å². The van der Waals surface area contributed by atoms with Crippen LogP contribution in [-0.2, 0) is 0 Å². The van der Waals surface area contributed by atoms with Crippen molar-refractivity contribution in [2.24, 2.45) is 0 Å². The molecule has 0 heterocycles. The van der Waals surface area contributed by atoms with Gasteiger partial charge < -0.3 is 0 Å². The normalized spacial score (nSPS) is 14.5. The summed E-state index contributed by atoms with van der Waals surface area (Å²) in [6, 6.07) is 0. The van der Waals surface area contributed by atoms with E-state index in [-0.39, 0.29) is 0 Å². The van der Waals surface area contributed by atoms with Gasteiger partial charge in [0.15, 0.2) is 0 Å². The predicted octanol–water partition coefficient (Wildman–Crippen LogP) is 4.48. The number of hydrogen-bond donors (Lipinski definition) is 0. The van der Waals surface area contributed by atoms with Gasteiger partial charge in [-0.1, -0.05) is 0 Å². The Hall–Kier alpha value is 0.949.